The van der Waals surface area contributed by atoms with Crippen molar-refractivity contribution >= 4 is 29.3 Å². The number of nitrogens with zero attached hydrogens (tertiary/aromatic N) is 1. The Morgan fingerprint density at radius 1 is 1.23 bits per heavy atom. The number of allylic oxidation sites excluding steroid dienone is 1. The Bertz CT molecular complexity index is 1030. The molecule has 6 heteroatoms. The zero-order valence-electron chi connectivity index (χ0n) is 17.1. The third-order valence-corrected chi connectivity index (χ3v) is 5.55. The smallest absolute Gasteiger partial charge is 0.307 e. The summed E-state index contributed by atoms with van der Waals surface area (Å²) < 4.78 is 5.49. The third kappa shape index (κ3) is 4.43. The largest absolute Gasteiger partial charge is 0.496 e. The summed E-state index contributed by atoms with van der Waals surface area (Å²) in [6, 6.07) is 10.0. The summed E-state index contributed by atoms with van der Waals surface area (Å²) in [5.74, 6) is 1.64. The number of aryl methyl sites for hydroxylation is 1. The maximum atomic E-state index is 12.7. The number of aromatic amines is 1. The van der Waals surface area contributed by atoms with Crippen LogP contribution in [0, 0.1) is 0 Å². The predicted octanol–water partition coefficient (Wildman–Crippen LogP) is 3.11. The highest BCUT2D eigenvalue weighted by atomic mass is 16.5. The average Bonchev–Trinajstić information content (AvgIpc) is 3.03. The van der Waals surface area contributed by atoms with Gasteiger partial charge in [-0.2, -0.15) is 0 Å². The Kier molecular flexibility index (Phi) is 5.93. The van der Waals surface area contributed by atoms with Gasteiger partial charge in [0.1, 0.15) is 5.75 Å². The van der Waals surface area contributed by atoms with E-state index < -0.39 is 0 Å². The molecule has 0 radical (unpaired) electrons. The first kappa shape index (κ1) is 19.9. The quantitative estimate of drug-likeness (QED) is 0.796. The molecule has 0 saturated heterocycles. The van der Waals surface area contributed by atoms with E-state index in [1.165, 1.54) is 5.57 Å². The number of H-pyrrole nitrogens is 1. The molecule has 154 valence electrons. The second-order valence-electron chi connectivity index (χ2n) is 7.53. The molecule has 2 aliphatic heterocycles. The summed E-state index contributed by atoms with van der Waals surface area (Å²) in [4.78, 5) is 29.2. The van der Waals surface area contributed by atoms with E-state index in [-0.39, 0.29) is 11.8 Å². The Morgan fingerprint density at radius 3 is 2.97 bits per heavy atom. The van der Waals surface area contributed by atoms with Crippen molar-refractivity contribution in [3.8, 4) is 5.75 Å². The second kappa shape index (κ2) is 8.95. The summed E-state index contributed by atoms with van der Waals surface area (Å²) in [6.45, 7) is 1.31. The number of carbonyl (C=O) groups is 2. The number of benzene rings is 1. The van der Waals surface area contributed by atoms with Crippen LogP contribution in [-0.2, 0) is 16.0 Å². The molecule has 1 aromatic heterocycles. The van der Waals surface area contributed by atoms with Crippen molar-refractivity contribution in [3.05, 3.63) is 65.4 Å². The number of amides is 2. The van der Waals surface area contributed by atoms with E-state index in [0.717, 1.165) is 47.6 Å². The minimum atomic E-state index is -0.00134. The molecule has 6 nitrogen and oxygen atoms in total. The predicted molar refractivity (Wildman–Crippen MR) is 116 cm³/mol. The maximum Gasteiger partial charge on any atom is 0.307 e. The number of carbonyl (C=O) groups excluding carboxylic acids is 2. The zero-order chi connectivity index (χ0) is 20.9. The minimum Gasteiger partial charge on any atom is -0.496 e. The van der Waals surface area contributed by atoms with Crippen molar-refractivity contribution in [3.63, 3.8) is 0 Å². The number of aromatic nitrogens is 1. The van der Waals surface area contributed by atoms with Crippen LogP contribution in [0.15, 0.2) is 48.7 Å². The molecule has 2 N–H and O–H groups in total. The molecule has 0 aliphatic carbocycles. The van der Waals surface area contributed by atoms with Crippen LogP contribution < -0.4 is 15.0 Å². The van der Waals surface area contributed by atoms with Gasteiger partial charge in [-0.15, -0.1) is 0 Å². The highest BCUT2D eigenvalue weighted by Crippen LogP contribution is 2.30. The molecule has 2 aliphatic rings. The summed E-state index contributed by atoms with van der Waals surface area (Å²) in [5, 5.41) is 2.83. The molecular weight excluding hydrogens is 378 g/mol. The average molecular weight is 404 g/mol. The SMILES string of the molecule is COc1ccccc1C1=CCN(C(=O)/C=C/c2c[nH+]c3c(c2)CCC(=O)N3)CCC1. The number of hydrogen-bond acceptors (Lipinski definition) is 3. The summed E-state index contributed by atoms with van der Waals surface area (Å²) in [5.41, 5.74) is 4.29. The van der Waals surface area contributed by atoms with Crippen LogP contribution in [0.4, 0.5) is 5.82 Å². The van der Waals surface area contributed by atoms with Crippen molar-refractivity contribution in [2.24, 2.45) is 0 Å². The minimum absolute atomic E-state index is 0.00134. The number of fused-ring (bicyclic) bond motifs is 1. The van der Waals surface area contributed by atoms with Gasteiger partial charge in [0, 0.05) is 35.9 Å². The van der Waals surface area contributed by atoms with Crippen molar-refractivity contribution in [1.82, 2.24) is 4.90 Å². The van der Waals surface area contributed by atoms with Crippen LogP contribution in [0.2, 0.25) is 0 Å². The Morgan fingerprint density at radius 2 is 2.10 bits per heavy atom. The van der Waals surface area contributed by atoms with E-state index in [4.69, 9.17) is 4.74 Å². The van der Waals surface area contributed by atoms with Gasteiger partial charge in [-0.25, -0.2) is 15.1 Å². The van der Waals surface area contributed by atoms with Gasteiger partial charge in [0.25, 0.3) is 5.82 Å². The number of anilines is 1. The van der Waals surface area contributed by atoms with E-state index in [0.29, 0.717) is 19.4 Å². The molecule has 2 aromatic rings. The first-order chi connectivity index (χ1) is 14.6. The maximum absolute atomic E-state index is 12.7. The molecule has 0 bridgehead atoms. The number of ether oxygens (including phenoxy) is 1. The Hall–Kier alpha value is -3.41. The van der Waals surface area contributed by atoms with Crippen LogP contribution in [0.1, 0.15) is 36.0 Å². The van der Waals surface area contributed by atoms with Gasteiger partial charge in [-0.3, -0.25) is 4.79 Å². The van der Waals surface area contributed by atoms with Gasteiger partial charge in [0.15, 0.2) is 0 Å². The first-order valence-electron chi connectivity index (χ1n) is 10.3. The first-order valence-corrected chi connectivity index (χ1v) is 10.3. The molecule has 3 heterocycles. The van der Waals surface area contributed by atoms with Crippen molar-refractivity contribution < 1.29 is 19.3 Å². The van der Waals surface area contributed by atoms with Gasteiger partial charge in [0.2, 0.25) is 5.91 Å². The zero-order valence-corrected chi connectivity index (χ0v) is 17.1. The topological polar surface area (TPSA) is 72.8 Å². The second-order valence-corrected chi connectivity index (χ2v) is 7.53. The molecule has 2 amide bonds. The molecule has 0 saturated carbocycles. The lowest BCUT2D eigenvalue weighted by atomic mass is 10.0. The van der Waals surface area contributed by atoms with Crippen molar-refractivity contribution in [1.29, 1.82) is 0 Å². The number of methoxy groups -OCH3 is 1. The molecule has 1 aromatic carbocycles. The number of hydrogen-bond donors (Lipinski definition) is 1. The van der Waals surface area contributed by atoms with E-state index >= 15 is 0 Å². The fraction of sp³-hybridized carbons (Fsp3) is 0.292. The fourth-order valence-corrected chi connectivity index (χ4v) is 3.92. The monoisotopic (exact) mass is 404 g/mol. The van der Waals surface area contributed by atoms with Crippen LogP contribution >= 0.6 is 0 Å². The lowest BCUT2D eigenvalue weighted by Crippen LogP contribution is -2.29. The van der Waals surface area contributed by atoms with Crippen molar-refractivity contribution in [2.75, 3.05) is 25.5 Å². The summed E-state index contributed by atoms with van der Waals surface area (Å²) in [7, 11) is 1.68. The van der Waals surface area contributed by atoms with E-state index in [1.54, 1.807) is 19.4 Å². The molecule has 30 heavy (non-hydrogen) atoms. The van der Waals surface area contributed by atoms with E-state index in [1.807, 2.05) is 35.2 Å². The highest BCUT2D eigenvalue weighted by molar-refractivity contribution is 5.93. The fourth-order valence-electron chi connectivity index (χ4n) is 3.92. The lowest BCUT2D eigenvalue weighted by molar-refractivity contribution is -0.361. The van der Waals surface area contributed by atoms with Crippen molar-refractivity contribution in [2.45, 2.75) is 25.7 Å². The number of para-hydroxylation sites is 1. The van der Waals surface area contributed by atoms with Crippen LogP contribution in [0.3, 0.4) is 0 Å². The van der Waals surface area contributed by atoms with Gasteiger partial charge >= 0.3 is 5.91 Å². The van der Waals surface area contributed by atoms with Gasteiger partial charge in [0.05, 0.1) is 19.7 Å². The summed E-state index contributed by atoms with van der Waals surface area (Å²) >= 11 is 0. The molecule has 4 rings (SSSR count). The standard InChI is InChI=1S/C24H25N3O3/c1-30-21-7-3-2-6-20(21)18-5-4-13-27(14-12-18)23(29)11-8-17-15-19-9-10-22(28)26-24(19)25-16-17/h2-3,6-8,11-12,15-16H,4-5,9-10,13-14H2,1H3,(H,25,26,28)/p+1/b11-8+. The lowest BCUT2D eigenvalue weighted by Gasteiger charge is -2.17. The number of pyridine rings is 1. The third-order valence-electron chi connectivity index (χ3n) is 5.55. The van der Waals surface area contributed by atoms with Gasteiger partial charge in [-0.05, 0) is 43.0 Å². The Balaban J connectivity index is 1.44. The van der Waals surface area contributed by atoms with Gasteiger partial charge in [-0.1, -0.05) is 24.3 Å². The molecule has 0 spiro atoms. The molecule has 0 fully saturated rings. The number of nitrogens with one attached hydrogen (secondary N) is 2. The van der Waals surface area contributed by atoms with E-state index in [2.05, 4.69) is 22.4 Å². The van der Waals surface area contributed by atoms with E-state index in [9.17, 15) is 9.59 Å². The summed E-state index contributed by atoms with van der Waals surface area (Å²) in [6.07, 6.45) is 10.4. The van der Waals surface area contributed by atoms with Crippen LogP contribution in [0.5, 0.6) is 5.75 Å². The van der Waals surface area contributed by atoms with Crippen LogP contribution in [0.25, 0.3) is 11.6 Å². The highest BCUT2D eigenvalue weighted by Gasteiger charge is 2.22. The molecular formula is C24H26N3O3+. The Labute approximate surface area is 176 Å². The molecule has 0 atom stereocenters. The number of rotatable bonds is 4. The normalized spacial score (nSPS) is 16.5. The van der Waals surface area contributed by atoms with Gasteiger partial charge < -0.3 is 9.64 Å². The molecule has 0 unspecified atom stereocenters. The van der Waals surface area contributed by atoms with Crippen LogP contribution in [-0.4, -0.2) is 36.9 Å².